The topological polar surface area (TPSA) is 57.5 Å². The summed E-state index contributed by atoms with van der Waals surface area (Å²) in [6.45, 7) is 4.86. The monoisotopic (exact) mass is 301 g/mol. The van der Waals surface area contributed by atoms with Crippen LogP contribution in [0.4, 0.5) is 0 Å². The van der Waals surface area contributed by atoms with Crippen LogP contribution in [0.5, 0.6) is 5.75 Å². The van der Waals surface area contributed by atoms with Gasteiger partial charge in [0.1, 0.15) is 5.75 Å². The maximum Gasteiger partial charge on any atom is 0.340 e. The van der Waals surface area contributed by atoms with Gasteiger partial charge in [-0.25, -0.2) is 4.79 Å². The van der Waals surface area contributed by atoms with Crippen LogP contribution in [0, 0.1) is 5.92 Å². The Hall–Kier alpha value is -2.30. The minimum Gasteiger partial charge on any atom is -0.462 e. The number of esters is 2. The van der Waals surface area contributed by atoms with Gasteiger partial charge in [0, 0.05) is 23.6 Å². The maximum atomic E-state index is 12.1. The van der Waals surface area contributed by atoms with Gasteiger partial charge < -0.3 is 14.0 Å². The van der Waals surface area contributed by atoms with Gasteiger partial charge in [-0.05, 0) is 44.9 Å². The van der Waals surface area contributed by atoms with Crippen LogP contribution in [0.3, 0.4) is 0 Å². The summed E-state index contributed by atoms with van der Waals surface area (Å²) in [4.78, 5) is 23.9. The number of carbonyl (C=O) groups excluding carboxylic acids is 2. The zero-order valence-corrected chi connectivity index (χ0v) is 12.8. The molecule has 0 N–H and O–H groups in total. The second kappa shape index (κ2) is 5.83. The number of hydrogen-bond acceptors (Lipinski definition) is 4. The molecule has 1 aliphatic rings. The molecule has 0 aliphatic heterocycles. The number of hydrogen-bond donors (Lipinski definition) is 0. The van der Waals surface area contributed by atoms with E-state index in [1.54, 1.807) is 25.3 Å². The molecule has 0 amide bonds. The van der Waals surface area contributed by atoms with E-state index >= 15 is 0 Å². The van der Waals surface area contributed by atoms with Crippen molar-refractivity contribution in [3.63, 3.8) is 0 Å². The Labute approximate surface area is 128 Å². The lowest BCUT2D eigenvalue weighted by atomic mass is 10.1. The third kappa shape index (κ3) is 2.71. The molecule has 1 aromatic heterocycles. The van der Waals surface area contributed by atoms with E-state index in [1.807, 2.05) is 17.6 Å². The van der Waals surface area contributed by atoms with Crippen LogP contribution in [0.2, 0.25) is 0 Å². The fraction of sp³-hybridized carbons (Fsp3) is 0.412. The highest BCUT2D eigenvalue weighted by Crippen LogP contribution is 2.32. The third-order valence-electron chi connectivity index (χ3n) is 3.82. The van der Waals surface area contributed by atoms with Gasteiger partial charge in [0.05, 0.1) is 18.1 Å². The molecule has 1 saturated carbocycles. The van der Waals surface area contributed by atoms with E-state index in [-0.39, 0.29) is 17.9 Å². The normalized spacial score (nSPS) is 14.1. The summed E-state index contributed by atoms with van der Waals surface area (Å²) >= 11 is 0. The Balaban J connectivity index is 1.98. The fourth-order valence-electron chi connectivity index (χ4n) is 2.49. The van der Waals surface area contributed by atoms with Gasteiger partial charge in [0.25, 0.3) is 0 Å². The van der Waals surface area contributed by atoms with E-state index in [0.717, 1.165) is 30.3 Å². The van der Waals surface area contributed by atoms with Crippen LogP contribution < -0.4 is 4.74 Å². The summed E-state index contributed by atoms with van der Waals surface area (Å²) < 4.78 is 12.5. The second-order valence-electron chi connectivity index (χ2n) is 5.42. The van der Waals surface area contributed by atoms with Crippen LogP contribution in [0.15, 0.2) is 24.4 Å². The van der Waals surface area contributed by atoms with Crippen molar-refractivity contribution in [3.8, 4) is 5.75 Å². The van der Waals surface area contributed by atoms with Crippen LogP contribution >= 0.6 is 0 Å². The van der Waals surface area contributed by atoms with Crippen LogP contribution in [0.25, 0.3) is 10.9 Å². The van der Waals surface area contributed by atoms with Crippen molar-refractivity contribution >= 4 is 22.8 Å². The molecule has 3 rings (SSSR count). The van der Waals surface area contributed by atoms with Crippen molar-refractivity contribution in [2.75, 3.05) is 6.61 Å². The number of carbonyl (C=O) groups is 2. The van der Waals surface area contributed by atoms with Gasteiger partial charge in [0.15, 0.2) is 0 Å². The highest BCUT2D eigenvalue weighted by Gasteiger charge is 2.31. The average Bonchev–Trinajstić information content (AvgIpc) is 3.29. The molecule has 116 valence electrons. The molecule has 0 bridgehead atoms. The number of benzene rings is 1. The van der Waals surface area contributed by atoms with E-state index in [0.29, 0.717) is 17.9 Å². The molecule has 0 saturated heterocycles. The number of rotatable bonds is 5. The minimum atomic E-state index is -0.356. The molecule has 22 heavy (non-hydrogen) atoms. The van der Waals surface area contributed by atoms with E-state index in [9.17, 15) is 9.59 Å². The Morgan fingerprint density at radius 1 is 1.27 bits per heavy atom. The van der Waals surface area contributed by atoms with E-state index < -0.39 is 0 Å². The van der Waals surface area contributed by atoms with Gasteiger partial charge in [0.2, 0.25) is 0 Å². The minimum absolute atomic E-state index is 0.0421. The Kier molecular flexibility index (Phi) is 3.88. The average molecular weight is 301 g/mol. The molecule has 1 aromatic carbocycles. The van der Waals surface area contributed by atoms with Gasteiger partial charge in [-0.15, -0.1) is 0 Å². The maximum absolute atomic E-state index is 12.1. The van der Waals surface area contributed by atoms with Crippen molar-refractivity contribution in [2.45, 2.75) is 33.2 Å². The predicted molar refractivity (Wildman–Crippen MR) is 81.9 cm³/mol. The molecule has 0 radical (unpaired) electrons. The fourth-order valence-corrected chi connectivity index (χ4v) is 2.49. The van der Waals surface area contributed by atoms with Gasteiger partial charge in [-0.2, -0.15) is 0 Å². The van der Waals surface area contributed by atoms with Crippen molar-refractivity contribution in [1.29, 1.82) is 0 Å². The van der Waals surface area contributed by atoms with E-state index in [2.05, 4.69) is 0 Å². The first-order chi connectivity index (χ1) is 10.6. The third-order valence-corrected chi connectivity index (χ3v) is 3.82. The molecule has 2 aromatic rings. The highest BCUT2D eigenvalue weighted by atomic mass is 16.5. The first kappa shape index (κ1) is 14.6. The lowest BCUT2D eigenvalue weighted by Crippen LogP contribution is -2.09. The second-order valence-corrected chi connectivity index (χ2v) is 5.42. The predicted octanol–water partition coefficient (Wildman–Crippen LogP) is 3.15. The number of aryl methyl sites for hydroxylation is 1. The lowest BCUT2D eigenvalue weighted by molar-refractivity contribution is -0.135. The van der Waals surface area contributed by atoms with Crippen molar-refractivity contribution in [1.82, 2.24) is 4.57 Å². The highest BCUT2D eigenvalue weighted by molar-refractivity contribution is 6.05. The molecule has 1 heterocycles. The molecule has 5 heteroatoms. The zero-order chi connectivity index (χ0) is 15.7. The van der Waals surface area contributed by atoms with Gasteiger partial charge in [-0.1, -0.05) is 0 Å². The number of nitrogens with zero attached hydrogens (tertiary/aromatic N) is 1. The van der Waals surface area contributed by atoms with Crippen molar-refractivity contribution in [2.24, 2.45) is 5.92 Å². The van der Waals surface area contributed by atoms with Crippen LogP contribution in [-0.4, -0.2) is 23.1 Å². The zero-order valence-electron chi connectivity index (χ0n) is 12.8. The van der Waals surface area contributed by atoms with E-state index in [4.69, 9.17) is 9.47 Å². The summed E-state index contributed by atoms with van der Waals surface area (Å²) in [5, 5.41) is 0.751. The molecule has 1 aliphatic carbocycles. The molecule has 0 unspecified atom stereocenters. The molecular weight excluding hydrogens is 282 g/mol. The van der Waals surface area contributed by atoms with Crippen molar-refractivity contribution < 1.29 is 19.1 Å². The largest absolute Gasteiger partial charge is 0.462 e. The summed E-state index contributed by atoms with van der Waals surface area (Å²) in [5.41, 5.74) is 1.43. The summed E-state index contributed by atoms with van der Waals surface area (Å²) in [5.74, 6) is -0.0263. The lowest BCUT2D eigenvalue weighted by Gasteiger charge is -2.05. The summed E-state index contributed by atoms with van der Waals surface area (Å²) in [7, 11) is 0. The number of ether oxygens (including phenoxy) is 2. The first-order valence-corrected chi connectivity index (χ1v) is 7.65. The molecule has 0 atom stereocenters. The molecule has 1 fully saturated rings. The Morgan fingerprint density at radius 2 is 2.05 bits per heavy atom. The SMILES string of the molecule is CCOC(=O)c1cn(CC)c2ccc(OC(=O)C3CC3)cc12. The van der Waals surface area contributed by atoms with Gasteiger partial charge in [-0.3, -0.25) is 4.79 Å². The Bertz CT molecular complexity index is 728. The Morgan fingerprint density at radius 3 is 2.68 bits per heavy atom. The quantitative estimate of drug-likeness (QED) is 0.629. The molecule has 5 nitrogen and oxygen atoms in total. The first-order valence-electron chi connectivity index (χ1n) is 7.65. The molecule has 0 spiro atoms. The number of fused-ring (bicyclic) bond motifs is 1. The summed E-state index contributed by atoms with van der Waals surface area (Å²) in [6, 6.07) is 5.38. The van der Waals surface area contributed by atoms with Crippen molar-refractivity contribution in [3.05, 3.63) is 30.0 Å². The standard InChI is InChI=1S/C17H19NO4/c1-3-18-10-14(17(20)21-4-2)13-9-12(7-8-15(13)18)22-16(19)11-5-6-11/h7-11H,3-6H2,1-2H3. The summed E-state index contributed by atoms with van der Waals surface area (Å²) in [6.07, 6.45) is 3.60. The van der Waals surface area contributed by atoms with Crippen LogP contribution in [0.1, 0.15) is 37.0 Å². The molecular formula is C17H19NO4. The smallest absolute Gasteiger partial charge is 0.340 e. The van der Waals surface area contributed by atoms with E-state index in [1.165, 1.54) is 0 Å². The van der Waals surface area contributed by atoms with Gasteiger partial charge >= 0.3 is 11.9 Å². The van der Waals surface area contributed by atoms with Crippen LogP contribution in [-0.2, 0) is 16.1 Å². The number of aromatic nitrogens is 1.